The summed E-state index contributed by atoms with van der Waals surface area (Å²) < 4.78 is 0. The Morgan fingerprint density at radius 3 is 2.46 bits per heavy atom. The van der Waals surface area contributed by atoms with E-state index in [0.717, 1.165) is 19.4 Å². The number of piperidine rings is 2. The van der Waals surface area contributed by atoms with Crippen LogP contribution in [-0.4, -0.2) is 65.9 Å². The number of nitrogens with zero attached hydrogens (tertiary/aromatic N) is 3. The molecule has 2 aliphatic rings. The second kappa shape index (κ2) is 9.01. The van der Waals surface area contributed by atoms with E-state index in [2.05, 4.69) is 35.8 Å². The molecule has 1 unspecified atom stereocenters. The van der Waals surface area contributed by atoms with Gasteiger partial charge in [0, 0.05) is 32.2 Å². The maximum atomic E-state index is 13.0. The first kappa shape index (κ1) is 19.4. The Kier molecular flexibility index (Phi) is 6.71. The van der Waals surface area contributed by atoms with Gasteiger partial charge in [-0.25, -0.2) is 0 Å². The van der Waals surface area contributed by atoms with E-state index in [1.54, 1.807) is 0 Å². The van der Waals surface area contributed by atoms with Crippen LogP contribution in [0.2, 0.25) is 0 Å². The van der Waals surface area contributed by atoms with Crippen molar-refractivity contribution in [3.05, 3.63) is 35.9 Å². The van der Waals surface area contributed by atoms with Crippen molar-refractivity contribution in [2.45, 2.75) is 58.2 Å². The third kappa shape index (κ3) is 4.86. The van der Waals surface area contributed by atoms with Gasteiger partial charge in [-0.3, -0.25) is 9.69 Å². The normalized spacial score (nSPS) is 23.3. The predicted molar refractivity (Wildman–Crippen MR) is 107 cm³/mol. The molecule has 2 heterocycles. The molecule has 0 spiro atoms. The van der Waals surface area contributed by atoms with Crippen molar-refractivity contribution < 1.29 is 4.79 Å². The van der Waals surface area contributed by atoms with Crippen LogP contribution in [0.4, 0.5) is 0 Å². The molecule has 26 heavy (non-hydrogen) atoms. The van der Waals surface area contributed by atoms with Crippen molar-refractivity contribution >= 4 is 5.91 Å². The zero-order chi connectivity index (χ0) is 18.5. The highest BCUT2D eigenvalue weighted by Gasteiger charge is 2.33. The lowest BCUT2D eigenvalue weighted by Gasteiger charge is -2.43. The van der Waals surface area contributed by atoms with E-state index < -0.39 is 0 Å². The fourth-order valence-electron chi connectivity index (χ4n) is 4.55. The molecular formula is C22H35N3O. The molecule has 0 radical (unpaired) electrons. The van der Waals surface area contributed by atoms with Crippen LogP contribution in [0.1, 0.15) is 45.1 Å². The van der Waals surface area contributed by atoms with Gasteiger partial charge < -0.3 is 9.80 Å². The van der Waals surface area contributed by atoms with Crippen molar-refractivity contribution in [3.8, 4) is 0 Å². The topological polar surface area (TPSA) is 26.8 Å². The Labute approximate surface area is 159 Å². The Bertz CT molecular complexity index is 566. The highest BCUT2D eigenvalue weighted by atomic mass is 16.2. The van der Waals surface area contributed by atoms with Gasteiger partial charge in [-0.1, -0.05) is 30.3 Å². The number of benzene rings is 1. The number of amides is 1. The molecule has 4 heteroatoms. The SMILES string of the molecule is CC(C)N1CCC(N2CCCC(C(=O)N(C)Cc3ccccc3)C2)CC1. The van der Waals surface area contributed by atoms with Gasteiger partial charge in [0.25, 0.3) is 0 Å². The van der Waals surface area contributed by atoms with Crippen LogP contribution in [0.5, 0.6) is 0 Å². The molecule has 4 nitrogen and oxygen atoms in total. The van der Waals surface area contributed by atoms with Crippen molar-refractivity contribution in [1.82, 2.24) is 14.7 Å². The quantitative estimate of drug-likeness (QED) is 0.809. The molecule has 0 saturated carbocycles. The van der Waals surface area contributed by atoms with Crippen molar-refractivity contribution in [2.24, 2.45) is 5.92 Å². The Morgan fingerprint density at radius 2 is 1.81 bits per heavy atom. The molecule has 0 aliphatic carbocycles. The molecule has 2 fully saturated rings. The van der Waals surface area contributed by atoms with Crippen LogP contribution in [0.15, 0.2) is 30.3 Å². The summed E-state index contributed by atoms with van der Waals surface area (Å²) in [6.07, 6.45) is 4.69. The Hall–Kier alpha value is -1.39. The van der Waals surface area contributed by atoms with Gasteiger partial charge in [-0.05, 0) is 64.7 Å². The summed E-state index contributed by atoms with van der Waals surface area (Å²) in [4.78, 5) is 20.1. The third-order valence-corrected chi connectivity index (χ3v) is 6.19. The van der Waals surface area contributed by atoms with E-state index in [1.807, 2.05) is 30.1 Å². The summed E-state index contributed by atoms with van der Waals surface area (Å²) >= 11 is 0. The number of carbonyl (C=O) groups excluding carboxylic acids is 1. The average Bonchev–Trinajstić information content (AvgIpc) is 2.68. The first-order valence-corrected chi connectivity index (χ1v) is 10.3. The van der Waals surface area contributed by atoms with Crippen LogP contribution in [0, 0.1) is 5.92 Å². The summed E-state index contributed by atoms with van der Waals surface area (Å²) in [7, 11) is 1.95. The lowest BCUT2D eigenvalue weighted by Crippen LogP contribution is -2.51. The van der Waals surface area contributed by atoms with Gasteiger partial charge in [-0.15, -0.1) is 0 Å². The van der Waals surface area contributed by atoms with Crippen LogP contribution in [-0.2, 0) is 11.3 Å². The molecule has 2 saturated heterocycles. The number of likely N-dealkylation sites (tertiary alicyclic amines) is 2. The highest BCUT2D eigenvalue weighted by Crippen LogP contribution is 2.25. The minimum atomic E-state index is 0.167. The maximum absolute atomic E-state index is 13.0. The van der Waals surface area contributed by atoms with Crippen LogP contribution < -0.4 is 0 Å². The standard InChI is InChI=1S/C22H35N3O/c1-18(2)24-14-11-21(12-15-24)25-13-7-10-20(17-25)22(26)23(3)16-19-8-5-4-6-9-19/h4-6,8-9,18,20-21H,7,10-17H2,1-3H3. The summed E-state index contributed by atoms with van der Waals surface area (Å²) in [6.45, 7) is 9.81. The average molecular weight is 358 g/mol. The van der Waals surface area contributed by atoms with Crippen LogP contribution in [0.25, 0.3) is 0 Å². The van der Waals surface area contributed by atoms with Crippen LogP contribution >= 0.6 is 0 Å². The third-order valence-electron chi connectivity index (χ3n) is 6.19. The van der Waals surface area contributed by atoms with E-state index in [4.69, 9.17) is 0 Å². The fraction of sp³-hybridized carbons (Fsp3) is 0.682. The molecule has 1 aromatic carbocycles. The number of hydrogen-bond donors (Lipinski definition) is 0. The van der Waals surface area contributed by atoms with E-state index in [9.17, 15) is 4.79 Å². The number of carbonyl (C=O) groups is 1. The van der Waals surface area contributed by atoms with E-state index in [0.29, 0.717) is 24.5 Å². The molecular weight excluding hydrogens is 322 g/mol. The number of rotatable bonds is 5. The van der Waals surface area contributed by atoms with Gasteiger partial charge in [0.15, 0.2) is 0 Å². The molecule has 2 aliphatic heterocycles. The van der Waals surface area contributed by atoms with Gasteiger partial charge in [0.05, 0.1) is 5.92 Å². The summed E-state index contributed by atoms with van der Waals surface area (Å²) in [5, 5.41) is 0. The van der Waals surface area contributed by atoms with Gasteiger partial charge in [-0.2, -0.15) is 0 Å². The molecule has 3 rings (SSSR count). The first-order valence-electron chi connectivity index (χ1n) is 10.3. The van der Waals surface area contributed by atoms with E-state index in [-0.39, 0.29) is 5.92 Å². The van der Waals surface area contributed by atoms with Crippen molar-refractivity contribution in [3.63, 3.8) is 0 Å². The summed E-state index contributed by atoms with van der Waals surface area (Å²) in [6, 6.07) is 11.6. The second-order valence-electron chi connectivity index (χ2n) is 8.37. The molecule has 0 bridgehead atoms. The number of hydrogen-bond acceptors (Lipinski definition) is 3. The summed E-state index contributed by atoms with van der Waals surface area (Å²) in [5.74, 6) is 0.485. The monoisotopic (exact) mass is 357 g/mol. The van der Waals surface area contributed by atoms with Crippen molar-refractivity contribution in [2.75, 3.05) is 33.2 Å². The zero-order valence-electron chi connectivity index (χ0n) is 16.7. The van der Waals surface area contributed by atoms with Crippen LogP contribution in [0.3, 0.4) is 0 Å². The molecule has 1 atom stereocenters. The first-order chi connectivity index (χ1) is 12.5. The molecule has 1 aromatic rings. The lowest BCUT2D eigenvalue weighted by atomic mass is 9.92. The Morgan fingerprint density at radius 1 is 1.12 bits per heavy atom. The van der Waals surface area contributed by atoms with Gasteiger partial charge >= 0.3 is 0 Å². The van der Waals surface area contributed by atoms with Gasteiger partial charge in [0.2, 0.25) is 5.91 Å². The smallest absolute Gasteiger partial charge is 0.227 e. The van der Waals surface area contributed by atoms with E-state index >= 15 is 0 Å². The zero-order valence-corrected chi connectivity index (χ0v) is 16.7. The largest absolute Gasteiger partial charge is 0.341 e. The predicted octanol–water partition coefficient (Wildman–Crippen LogP) is 3.23. The second-order valence-corrected chi connectivity index (χ2v) is 8.37. The lowest BCUT2D eigenvalue weighted by molar-refractivity contribution is -0.137. The molecule has 0 N–H and O–H groups in total. The molecule has 1 amide bonds. The minimum absolute atomic E-state index is 0.167. The molecule has 144 valence electrons. The molecule has 0 aromatic heterocycles. The summed E-state index contributed by atoms with van der Waals surface area (Å²) in [5.41, 5.74) is 1.21. The Balaban J connectivity index is 1.52. The van der Waals surface area contributed by atoms with E-state index in [1.165, 1.54) is 38.0 Å². The minimum Gasteiger partial charge on any atom is -0.341 e. The van der Waals surface area contributed by atoms with Crippen molar-refractivity contribution in [1.29, 1.82) is 0 Å². The highest BCUT2D eigenvalue weighted by molar-refractivity contribution is 5.79. The maximum Gasteiger partial charge on any atom is 0.227 e. The van der Waals surface area contributed by atoms with Gasteiger partial charge in [0.1, 0.15) is 0 Å². The fourth-order valence-corrected chi connectivity index (χ4v) is 4.55.